The van der Waals surface area contributed by atoms with E-state index >= 15 is 4.79 Å². The van der Waals surface area contributed by atoms with Gasteiger partial charge < -0.3 is 28.8 Å². The van der Waals surface area contributed by atoms with E-state index in [2.05, 4.69) is 61.5 Å². The number of amides is 2. The zero-order valence-electron chi connectivity index (χ0n) is 35.6. The Kier molecular flexibility index (Phi) is 12.2. The Balaban J connectivity index is 1.31. The summed E-state index contributed by atoms with van der Waals surface area (Å²) in [6.45, 7) is 16.7. The van der Waals surface area contributed by atoms with Crippen LogP contribution in [0.3, 0.4) is 0 Å². The van der Waals surface area contributed by atoms with Crippen LogP contribution in [0.4, 0.5) is 0 Å². The minimum Gasteiger partial charge on any atom is -0.464 e. The fraction of sp³-hybridized carbons (Fsp3) is 0.543. The van der Waals surface area contributed by atoms with Gasteiger partial charge >= 0.3 is 5.97 Å². The van der Waals surface area contributed by atoms with Crippen molar-refractivity contribution >= 4 is 40.0 Å². The number of pyridine rings is 1. The maximum absolute atomic E-state index is 15.1. The SMILES string of the molecule is C=CN1[C@H]2CCCN1C(=O)[C@@H](NC(=O)[C@H]1C[C@@H]1C)[C@H](OC1CCOCC1)c1nc(cs1)-c1ccc3c(c1)c(c(-c1cccnc1[C@H](C)OC)n3CC)CC(C)(C)COC2=O. The predicted octanol–water partition coefficient (Wildman–Crippen LogP) is 7.41. The molecule has 6 heterocycles. The van der Waals surface area contributed by atoms with Crippen molar-refractivity contribution in [2.75, 3.05) is 33.5 Å². The van der Waals surface area contributed by atoms with Crippen LogP contribution in [0, 0.1) is 17.3 Å². The Morgan fingerprint density at radius 3 is 2.68 bits per heavy atom. The van der Waals surface area contributed by atoms with Gasteiger partial charge in [-0.1, -0.05) is 33.4 Å². The lowest BCUT2D eigenvalue weighted by Crippen LogP contribution is -2.61. The van der Waals surface area contributed by atoms with Crippen LogP contribution in [0.5, 0.6) is 0 Å². The molecule has 1 saturated carbocycles. The summed E-state index contributed by atoms with van der Waals surface area (Å²) < 4.78 is 27.0. The molecule has 1 aromatic carbocycles. The van der Waals surface area contributed by atoms with Crippen LogP contribution in [0.15, 0.2) is 54.7 Å². The summed E-state index contributed by atoms with van der Waals surface area (Å²) in [6, 6.07) is 8.61. The number of hydrogen-bond donors (Lipinski definition) is 1. The standard InChI is InChI=1S/C46H58N6O7S/c1-8-50-36-15-14-29-23-33(36)34(40(50)31-12-10-18-47-38(31)28(4)56-7)24-46(5,6)26-58-45(55)37-13-11-19-52(51(37)9-2)44(54)39(49-42(53)32-22-27(32)3)41(43-48-35(29)25-60-43)59-30-16-20-57-21-17-30/h9-10,12,14-15,18,23,25,27-28,30,32,37,39,41H,2,8,11,13,16-17,19-22,24,26H2,1,3-7H3,(H,49,53)/t27-,28-,32-,37-,39-,41-/m0/s1. The molecule has 1 aliphatic carbocycles. The van der Waals surface area contributed by atoms with E-state index in [0.717, 1.165) is 51.1 Å². The summed E-state index contributed by atoms with van der Waals surface area (Å²) in [5.74, 6) is -0.978. The molecule has 4 aromatic rings. The molecule has 2 saturated heterocycles. The third-order valence-electron chi connectivity index (χ3n) is 12.6. The lowest BCUT2D eigenvalue weighted by atomic mass is 9.84. The summed E-state index contributed by atoms with van der Waals surface area (Å²) in [5.41, 5.74) is 6.22. The first-order chi connectivity index (χ1) is 28.9. The number of carbonyl (C=O) groups is 3. The molecule has 3 aliphatic heterocycles. The first-order valence-corrected chi connectivity index (χ1v) is 22.3. The molecule has 0 unspecified atom stereocenters. The highest BCUT2D eigenvalue weighted by molar-refractivity contribution is 7.10. The van der Waals surface area contributed by atoms with Gasteiger partial charge in [0.05, 0.1) is 35.9 Å². The van der Waals surface area contributed by atoms with Gasteiger partial charge in [0, 0.05) is 84.6 Å². The second-order valence-electron chi connectivity index (χ2n) is 17.5. The molecule has 6 atom stereocenters. The number of esters is 1. The molecule has 3 aromatic heterocycles. The van der Waals surface area contributed by atoms with E-state index < -0.39 is 29.6 Å². The highest BCUT2D eigenvalue weighted by Gasteiger charge is 2.47. The normalized spacial score (nSPS) is 25.4. The lowest BCUT2D eigenvalue weighted by molar-refractivity contribution is -0.174. The number of fused-ring (bicyclic) bond motifs is 6. The first-order valence-electron chi connectivity index (χ1n) is 21.4. The highest BCUT2D eigenvalue weighted by atomic mass is 32.1. The van der Waals surface area contributed by atoms with Crippen LogP contribution in [-0.2, 0) is 46.3 Å². The molecule has 0 radical (unpaired) electrons. The lowest BCUT2D eigenvalue weighted by Gasteiger charge is -2.44. The van der Waals surface area contributed by atoms with Gasteiger partial charge in [-0.15, -0.1) is 11.3 Å². The topological polar surface area (TPSA) is 137 Å². The summed E-state index contributed by atoms with van der Waals surface area (Å²) in [5, 5.41) is 9.94. The Morgan fingerprint density at radius 1 is 1.18 bits per heavy atom. The average Bonchev–Trinajstić information content (AvgIpc) is 3.66. The monoisotopic (exact) mass is 838 g/mol. The number of ether oxygens (including phenoxy) is 4. The van der Waals surface area contributed by atoms with E-state index in [1.165, 1.54) is 17.5 Å². The van der Waals surface area contributed by atoms with Crippen LogP contribution in [0.2, 0.25) is 0 Å². The number of nitrogens with one attached hydrogen (secondary N) is 1. The molecule has 6 bridgehead atoms. The molecule has 14 heteroatoms. The van der Waals surface area contributed by atoms with Crippen molar-refractivity contribution in [2.24, 2.45) is 17.3 Å². The largest absolute Gasteiger partial charge is 0.464 e. The molecule has 60 heavy (non-hydrogen) atoms. The van der Waals surface area contributed by atoms with E-state index in [0.29, 0.717) is 63.4 Å². The first kappa shape index (κ1) is 42.1. The summed E-state index contributed by atoms with van der Waals surface area (Å²) in [7, 11) is 1.70. The molecule has 320 valence electrons. The molecule has 4 aliphatic rings. The molecule has 2 amide bonds. The Hall–Kier alpha value is -4.63. The van der Waals surface area contributed by atoms with Gasteiger partial charge in [0.2, 0.25) is 5.91 Å². The van der Waals surface area contributed by atoms with Gasteiger partial charge in [0.15, 0.2) is 0 Å². The van der Waals surface area contributed by atoms with Crippen molar-refractivity contribution in [3.05, 3.63) is 71.0 Å². The van der Waals surface area contributed by atoms with Gasteiger partial charge in [0.25, 0.3) is 5.91 Å². The van der Waals surface area contributed by atoms with E-state index in [4.69, 9.17) is 28.9 Å². The van der Waals surface area contributed by atoms with E-state index in [1.54, 1.807) is 23.3 Å². The van der Waals surface area contributed by atoms with Crippen LogP contribution in [0.25, 0.3) is 33.4 Å². The smallest absolute Gasteiger partial charge is 0.330 e. The Morgan fingerprint density at radius 2 is 1.97 bits per heavy atom. The molecule has 8 rings (SSSR count). The third-order valence-corrected chi connectivity index (χ3v) is 13.5. The second kappa shape index (κ2) is 17.4. The maximum Gasteiger partial charge on any atom is 0.330 e. The molecular formula is C46H58N6O7S. The summed E-state index contributed by atoms with van der Waals surface area (Å²) in [6.07, 6.45) is 5.61. The Bertz CT molecular complexity index is 2250. The minimum atomic E-state index is -1.12. The summed E-state index contributed by atoms with van der Waals surface area (Å²) >= 11 is 1.42. The van der Waals surface area contributed by atoms with E-state index in [9.17, 15) is 9.59 Å². The number of hydrogen-bond acceptors (Lipinski definition) is 11. The molecule has 3 fully saturated rings. The fourth-order valence-electron chi connectivity index (χ4n) is 9.10. The molecule has 13 nitrogen and oxygen atoms in total. The van der Waals surface area contributed by atoms with Crippen molar-refractivity contribution in [3.63, 3.8) is 0 Å². The van der Waals surface area contributed by atoms with Crippen molar-refractivity contribution in [2.45, 2.75) is 110 Å². The van der Waals surface area contributed by atoms with Crippen molar-refractivity contribution in [3.8, 4) is 22.5 Å². The number of rotatable bonds is 9. The molecular weight excluding hydrogens is 781 g/mol. The number of cyclic esters (lactones) is 1. The fourth-order valence-corrected chi connectivity index (χ4v) is 9.99. The number of thiazole rings is 1. The third kappa shape index (κ3) is 8.23. The number of carbonyl (C=O) groups excluding carboxylic acids is 3. The molecule has 1 N–H and O–H groups in total. The van der Waals surface area contributed by atoms with Gasteiger partial charge in [-0.2, -0.15) is 0 Å². The maximum atomic E-state index is 15.1. The quantitative estimate of drug-likeness (QED) is 0.170. The van der Waals surface area contributed by atoms with Gasteiger partial charge in [0.1, 0.15) is 23.2 Å². The highest BCUT2D eigenvalue weighted by Crippen LogP contribution is 2.43. The predicted molar refractivity (Wildman–Crippen MR) is 229 cm³/mol. The zero-order chi connectivity index (χ0) is 42.3. The number of hydrazine groups is 1. The second-order valence-corrected chi connectivity index (χ2v) is 18.4. The van der Waals surface area contributed by atoms with E-state index in [-0.39, 0.29) is 42.5 Å². The van der Waals surface area contributed by atoms with Crippen molar-refractivity contribution < 1.29 is 33.3 Å². The van der Waals surface area contributed by atoms with E-state index in [1.807, 2.05) is 25.3 Å². The van der Waals surface area contributed by atoms with Crippen LogP contribution in [0.1, 0.15) is 95.2 Å². The van der Waals surface area contributed by atoms with Crippen LogP contribution >= 0.6 is 11.3 Å². The number of benzene rings is 1. The number of nitrogens with zero attached hydrogens (tertiary/aromatic N) is 5. The number of methoxy groups -OCH3 is 1. The van der Waals surface area contributed by atoms with Gasteiger partial charge in [-0.05, 0) is 88.1 Å². The Labute approximate surface area is 356 Å². The molecule has 0 spiro atoms. The summed E-state index contributed by atoms with van der Waals surface area (Å²) in [4.78, 5) is 53.2. The van der Waals surface area contributed by atoms with Gasteiger partial charge in [-0.25, -0.2) is 9.78 Å². The van der Waals surface area contributed by atoms with Crippen molar-refractivity contribution in [1.29, 1.82) is 0 Å². The average molecular weight is 839 g/mol. The van der Waals surface area contributed by atoms with Crippen LogP contribution < -0.4 is 5.32 Å². The number of aryl methyl sites for hydroxylation is 1. The van der Waals surface area contributed by atoms with Crippen molar-refractivity contribution in [1.82, 2.24) is 29.9 Å². The van der Waals surface area contributed by atoms with Gasteiger partial charge in [-0.3, -0.25) is 24.6 Å². The number of aromatic nitrogens is 3. The minimum absolute atomic E-state index is 0.141. The zero-order valence-corrected chi connectivity index (χ0v) is 36.5. The van der Waals surface area contributed by atoms with Crippen LogP contribution in [-0.4, -0.2) is 94.0 Å².